The summed E-state index contributed by atoms with van der Waals surface area (Å²) in [4.78, 5) is 23.4. The van der Waals surface area contributed by atoms with E-state index < -0.39 is 4.92 Å². The molecule has 0 radical (unpaired) electrons. The van der Waals surface area contributed by atoms with Crippen LogP contribution in [0.25, 0.3) is 11.3 Å². The summed E-state index contributed by atoms with van der Waals surface area (Å²) in [7, 11) is 0. The van der Waals surface area contributed by atoms with E-state index in [2.05, 4.69) is 30.5 Å². The summed E-state index contributed by atoms with van der Waals surface area (Å²) in [6.07, 6.45) is 3.76. The fourth-order valence-electron chi connectivity index (χ4n) is 2.76. The number of aromatic nitrogens is 5. The number of anilines is 2. The molecule has 2 aromatic carbocycles. The highest BCUT2D eigenvalue weighted by Crippen LogP contribution is 2.23. The van der Waals surface area contributed by atoms with Crippen molar-refractivity contribution in [3.63, 3.8) is 0 Å². The van der Waals surface area contributed by atoms with Gasteiger partial charge in [-0.25, -0.2) is 15.0 Å². The van der Waals surface area contributed by atoms with Crippen molar-refractivity contribution < 1.29 is 4.92 Å². The second kappa shape index (κ2) is 7.62. The second-order valence-electron chi connectivity index (χ2n) is 6.01. The lowest BCUT2D eigenvalue weighted by atomic mass is 10.1. The average molecular weight is 373 g/mol. The first-order chi connectivity index (χ1) is 13.7. The molecule has 2 aromatic heterocycles. The number of hydrogen-bond acceptors (Lipinski definition) is 7. The van der Waals surface area contributed by atoms with Crippen LogP contribution in [-0.4, -0.2) is 30.1 Å². The number of nitrogens with zero attached hydrogens (tertiary/aromatic N) is 5. The third-order valence-electron chi connectivity index (χ3n) is 4.03. The molecule has 0 saturated heterocycles. The van der Waals surface area contributed by atoms with Crippen LogP contribution >= 0.6 is 0 Å². The van der Waals surface area contributed by atoms with Crippen LogP contribution in [0, 0.1) is 10.1 Å². The van der Waals surface area contributed by atoms with Gasteiger partial charge in [-0.2, -0.15) is 5.10 Å². The summed E-state index contributed by atoms with van der Waals surface area (Å²) in [6.45, 7) is 0. The third-order valence-corrected chi connectivity index (χ3v) is 4.03. The molecule has 0 spiro atoms. The van der Waals surface area contributed by atoms with E-state index in [-0.39, 0.29) is 5.69 Å². The van der Waals surface area contributed by atoms with Crippen molar-refractivity contribution >= 4 is 17.3 Å². The number of nitro benzene ring substituents is 1. The van der Waals surface area contributed by atoms with Crippen LogP contribution in [0.2, 0.25) is 0 Å². The quantitative estimate of drug-likeness (QED) is 0.392. The first kappa shape index (κ1) is 17.3. The van der Waals surface area contributed by atoms with Crippen molar-refractivity contribution in [2.24, 2.45) is 0 Å². The van der Waals surface area contributed by atoms with Crippen molar-refractivity contribution in [2.45, 2.75) is 6.42 Å². The van der Waals surface area contributed by atoms with E-state index in [9.17, 15) is 10.1 Å². The van der Waals surface area contributed by atoms with Gasteiger partial charge in [0.1, 0.15) is 12.2 Å². The van der Waals surface area contributed by atoms with Gasteiger partial charge in [0.2, 0.25) is 5.95 Å². The highest BCUT2D eigenvalue weighted by Gasteiger charge is 2.08. The molecule has 0 saturated carbocycles. The lowest BCUT2D eigenvalue weighted by molar-refractivity contribution is -0.384. The Labute approximate surface area is 159 Å². The van der Waals surface area contributed by atoms with E-state index in [1.807, 2.05) is 30.3 Å². The molecule has 0 bridgehead atoms. The summed E-state index contributed by atoms with van der Waals surface area (Å²) < 4.78 is 0. The Hall–Kier alpha value is -4.14. The number of non-ortho nitro benzene ring substituents is 1. The molecule has 4 aromatic rings. The van der Waals surface area contributed by atoms with Gasteiger partial charge in [0.05, 0.1) is 10.6 Å². The molecule has 0 atom stereocenters. The van der Waals surface area contributed by atoms with Crippen LogP contribution in [0.15, 0.2) is 67.1 Å². The topological polar surface area (TPSA) is 123 Å². The van der Waals surface area contributed by atoms with Gasteiger partial charge in [-0.1, -0.05) is 24.3 Å². The zero-order valence-electron chi connectivity index (χ0n) is 14.6. The van der Waals surface area contributed by atoms with E-state index in [4.69, 9.17) is 0 Å². The van der Waals surface area contributed by atoms with Crippen LogP contribution < -0.4 is 5.32 Å². The van der Waals surface area contributed by atoms with Crippen molar-refractivity contribution in [3.05, 3.63) is 88.6 Å². The van der Waals surface area contributed by atoms with Crippen molar-refractivity contribution in [2.75, 3.05) is 5.32 Å². The van der Waals surface area contributed by atoms with Crippen LogP contribution in [0.5, 0.6) is 0 Å². The minimum atomic E-state index is -0.442. The zero-order valence-corrected chi connectivity index (χ0v) is 14.6. The highest BCUT2D eigenvalue weighted by molar-refractivity contribution is 5.63. The molecule has 0 aliphatic carbocycles. The molecule has 28 heavy (non-hydrogen) atoms. The van der Waals surface area contributed by atoms with Crippen molar-refractivity contribution in [1.29, 1.82) is 0 Å². The van der Waals surface area contributed by atoms with Crippen molar-refractivity contribution in [3.8, 4) is 11.3 Å². The number of nitrogens with one attached hydrogen (secondary N) is 2. The predicted octanol–water partition coefficient (Wildman–Crippen LogP) is 3.50. The molecular weight excluding hydrogens is 358 g/mol. The maximum Gasteiger partial charge on any atom is 0.271 e. The molecule has 138 valence electrons. The standard InChI is InChI=1S/C19H15N7O2/c27-26(28)16-6-2-5-15(11-16)23-19-20-8-7-17(24-19)14-4-1-3-13(9-14)10-18-21-12-22-25-18/h1-9,11-12H,10H2,(H,20,23,24)(H,21,22,25). The van der Waals surface area contributed by atoms with E-state index >= 15 is 0 Å². The number of H-pyrrole nitrogens is 1. The van der Waals surface area contributed by atoms with Gasteiger partial charge in [-0.3, -0.25) is 15.2 Å². The summed E-state index contributed by atoms with van der Waals surface area (Å²) in [5.74, 6) is 1.14. The third kappa shape index (κ3) is 3.98. The Balaban J connectivity index is 1.57. The molecule has 0 aliphatic rings. The Bertz CT molecular complexity index is 1110. The van der Waals surface area contributed by atoms with Crippen LogP contribution in [-0.2, 0) is 6.42 Å². The lowest BCUT2D eigenvalue weighted by Crippen LogP contribution is -1.99. The maximum atomic E-state index is 10.9. The van der Waals surface area contributed by atoms with E-state index in [0.29, 0.717) is 18.1 Å². The molecule has 0 fully saturated rings. The fourth-order valence-corrected chi connectivity index (χ4v) is 2.76. The SMILES string of the molecule is O=[N+]([O-])c1cccc(Nc2nccc(-c3cccc(Cc4ncn[nH]4)c3)n2)c1. The largest absolute Gasteiger partial charge is 0.324 e. The molecule has 0 unspecified atom stereocenters. The van der Waals surface area contributed by atoms with Crippen LogP contribution in [0.1, 0.15) is 11.4 Å². The monoisotopic (exact) mass is 373 g/mol. The summed E-state index contributed by atoms with van der Waals surface area (Å²) >= 11 is 0. The van der Waals surface area contributed by atoms with Gasteiger partial charge < -0.3 is 5.32 Å². The van der Waals surface area contributed by atoms with Crippen molar-refractivity contribution in [1.82, 2.24) is 25.1 Å². The van der Waals surface area contributed by atoms with E-state index in [1.165, 1.54) is 18.5 Å². The van der Waals surface area contributed by atoms with Gasteiger partial charge in [-0.15, -0.1) is 0 Å². The Morgan fingerprint density at radius 2 is 1.96 bits per heavy atom. The van der Waals surface area contributed by atoms with Gasteiger partial charge >= 0.3 is 0 Å². The van der Waals surface area contributed by atoms with Gasteiger partial charge in [0.25, 0.3) is 5.69 Å². The summed E-state index contributed by atoms with van der Waals surface area (Å²) in [6, 6.07) is 16.0. The number of aromatic amines is 1. The average Bonchev–Trinajstić information content (AvgIpc) is 3.22. The lowest BCUT2D eigenvalue weighted by Gasteiger charge is -2.08. The van der Waals surface area contributed by atoms with Gasteiger partial charge in [0.15, 0.2) is 0 Å². The minimum absolute atomic E-state index is 0.00118. The first-order valence-electron chi connectivity index (χ1n) is 8.45. The number of hydrogen-bond donors (Lipinski definition) is 2. The second-order valence-corrected chi connectivity index (χ2v) is 6.01. The Morgan fingerprint density at radius 1 is 1.07 bits per heavy atom. The normalized spacial score (nSPS) is 10.6. The predicted molar refractivity (Wildman–Crippen MR) is 103 cm³/mol. The molecule has 2 heterocycles. The molecule has 0 amide bonds. The Morgan fingerprint density at radius 3 is 2.79 bits per heavy atom. The fraction of sp³-hybridized carbons (Fsp3) is 0.0526. The zero-order chi connectivity index (χ0) is 19.3. The highest BCUT2D eigenvalue weighted by atomic mass is 16.6. The molecule has 9 heteroatoms. The molecule has 4 rings (SSSR count). The molecule has 0 aliphatic heterocycles. The van der Waals surface area contributed by atoms with E-state index in [0.717, 1.165) is 22.6 Å². The number of nitro groups is 1. The summed E-state index contributed by atoms with van der Waals surface area (Å²) in [5, 5.41) is 20.6. The molecular formula is C19H15N7O2. The number of benzene rings is 2. The minimum Gasteiger partial charge on any atom is -0.324 e. The maximum absolute atomic E-state index is 10.9. The first-order valence-corrected chi connectivity index (χ1v) is 8.45. The van der Waals surface area contributed by atoms with E-state index in [1.54, 1.807) is 18.3 Å². The molecule has 2 N–H and O–H groups in total. The number of rotatable bonds is 6. The van der Waals surface area contributed by atoms with Crippen LogP contribution in [0.3, 0.4) is 0 Å². The van der Waals surface area contributed by atoms with Crippen LogP contribution in [0.4, 0.5) is 17.3 Å². The van der Waals surface area contributed by atoms with Gasteiger partial charge in [0, 0.05) is 36.0 Å². The van der Waals surface area contributed by atoms with Gasteiger partial charge in [-0.05, 0) is 23.8 Å². The Kier molecular flexibility index (Phi) is 4.70. The molecule has 9 nitrogen and oxygen atoms in total. The summed E-state index contributed by atoms with van der Waals surface area (Å²) in [5.41, 5.74) is 3.29. The smallest absolute Gasteiger partial charge is 0.271 e.